The van der Waals surface area contributed by atoms with Gasteiger partial charge in [0.25, 0.3) is 0 Å². The van der Waals surface area contributed by atoms with Crippen LogP contribution < -0.4 is 5.43 Å². The summed E-state index contributed by atoms with van der Waals surface area (Å²) in [6.07, 6.45) is 0. The number of hydrogen-bond donors (Lipinski definition) is 1. The number of anilines is 1. The molecule has 0 saturated carbocycles. The van der Waals surface area contributed by atoms with Crippen molar-refractivity contribution >= 4 is 21.2 Å². The van der Waals surface area contributed by atoms with E-state index >= 15 is 0 Å². The highest BCUT2D eigenvalue weighted by molar-refractivity contribution is 7.92. The van der Waals surface area contributed by atoms with Crippen LogP contribution in [0.2, 0.25) is 0 Å². The van der Waals surface area contributed by atoms with Crippen LogP contribution in [-0.2, 0) is 9.84 Å². The number of nitrogens with zero attached hydrogens (tertiary/aromatic N) is 1. The summed E-state index contributed by atoms with van der Waals surface area (Å²) >= 11 is 0. The van der Waals surface area contributed by atoms with Gasteiger partial charge in [-0.2, -0.15) is 5.10 Å². The molecule has 0 spiro atoms. The van der Waals surface area contributed by atoms with Crippen LogP contribution in [0.4, 0.5) is 5.69 Å². The maximum atomic E-state index is 12.8. The molecule has 3 aromatic carbocycles. The summed E-state index contributed by atoms with van der Waals surface area (Å²) in [4.78, 5) is 0.298. The van der Waals surface area contributed by atoms with Gasteiger partial charge in [-0.05, 0) is 36.8 Å². The van der Waals surface area contributed by atoms with Crippen molar-refractivity contribution in [2.24, 2.45) is 5.10 Å². The molecule has 0 atom stereocenters. The first-order valence-electron chi connectivity index (χ1n) is 8.27. The van der Waals surface area contributed by atoms with Gasteiger partial charge >= 0.3 is 0 Å². The van der Waals surface area contributed by atoms with Crippen LogP contribution in [0.1, 0.15) is 11.1 Å². The van der Waals surface area contributed by atoms with Crippen molar-refractivity contribution in [1.29, 1.82) is 0 Å². The number of hydrogen-bond acceptors (Lipinski definition) is 4. The summed E-state index contributed by atoms with van der Waals surface area (Å²) in [5, 5.41) is 4.38. The van der Waals surface area contributed by atoms with Crippen molar-refractivity contribution in [3.63, 3.8) is 0 Å². The van der Waals surface area contributed by atoms with E-state index in [1.54, 1.807) is 24.3 Å². The molecular weight excluding hydrogens is 344 g/mol. The molecule has 0 unspecified atom stereocenters. The molecule has 26 heavy (non-hydrogen) atoms. The van der Waals surface area contributed by atoms with Gasteiger partial charge in [0, 0.05) is 0 Å². The zero-order chi connectivity index (χ0) is 18.4. The minimum absolute atomic E-state index is 0.181. The number of benzene rings is 3. The molecule has 0 fully saturated rings. The smallest absolute Gasteiger partial charge is 0.184 e. The summed E-state index contributed by atoms with van der Waals surface area (Å²) in [6, 6.07) is 25.7. The summed E-state index contributed by atoms with van der Waals surface area (Å²) in [5.41, 5.74) is 6.01. The summed E-state index contributed by atoms with van der Waals surface area (Å²) in [7, 11) is -3.50. The number of nitrogens with one attached hydrogen (secondary N) is 1. The second-order valence-electron chi connectivity index (χ2n) is 5.97. The van der Waals surface area contributed by atoms with Crippen molar-refractivity contribution < 1.29 is 8.42 Å². The average Bonchev–Trinajstić information content (AvgIpc) is 2.67. The lowest BCUT2D eigenvalue weighted by molar-refractivity contribution is 0.600. The molecule has 0 saturated heterocycles. The van der Waals surface area contributed by atoms with Crippen LogP contribution in [0.5, 0.6) is 0 Å². The lowest BCUT2D eigenvalue weighted by Crippen LogP contribution is -2.19. The molecule has 0 bridgehead atoms. The van der Waals surface area contributed by atoms with Crippen molar-refractivity contribution in [2.75, 3.05) is 11.2 Å². The highest BCUT2D eigenvalue weighted by atomic mass is 32.2. The van der Waals surface area contributed by atoms with E-state index in [2.05, 4.69) is 10.5 Å². The van der Waals surface area contributed by atoms with Crippen LogP contribution in [0.25, 0.3) is 0 Å². The lowest BCUT2D eigenvalue weighted by atomic mass is 10.1. The zero-order valence-corrected chi connectivity index (χ0v) is 15.3. The maximum absolute atomic E-state index is 12.8. The van der Waals surface area contributed by atoms with Gasteiger partial charge in [-0.3, -0.25) is 5.43 Å². The molecule has 0 radical (unpaired) electrons. The zero-order valence-electron chi connectivity index (χ0n) is 14.5. The molecule has 3 rings (SSSR count). The van der Waals surface area contributed by atoms with Gasteiger partial charge in [-0.25, -0.2) is 8.42 Å². The quantitative estimate of drug-likeness (QED) is 0.524. The first-order chi connectivity index (χ1) is 12.5. The van der Waals surface area contributed by atoms with E-state index in [9.17, 15) is 8.42 Å². The number of aryl methyl sites for hydroxylation is 1. The third-order valence-corrected chi connectivity index (χ3v) is 5.55. The van der Waals surface area contributed by atoms with Crippen molar-refractivity contribution in [3.05, 3.63) is 96.1 Å². The van der Waals surface area contributed by atoms with E-state index in [4.69, 9.17) is 0 Å². The third-order valence-electron chi connectivity index (χ3n) is 3.91. The number of para-hydroxylation sites is 1. The monoisotopic (exact) mass is 364 g/mol. The number of hydrazone groups is 1. The number of rotatable bonds is 6. The van der Waals surface area contributed by atoms with Gasteiger partial charge in [0.1, 0.15) is 0 Å². The Labute approximate surface area is 154 Å². The first-order valence-corrected chi connectivity index (χ1v) is 9.92. The van der Waals surface area contributed by atoms with Gasteiger partial charge in [0.2, 0.25) is 0 Å². The predicted molar refractivity (Wildman–Crippen MR) is 106 cm³/mol. The van der Waals surface area contributed by atoms with Crippen molar-refractivity contribution in [1.82, 2.24) is 0 Å². The molecule has 3 aromatic rings. The van der Waals surface area contributed by atoms with Crippen LogP contribution in [0.15, 0.2) is 94.9 Å². The Morgan fingerprint density at radius 3 is 2.04 bits per heavy atom. The average molecular weight is 364 g/mol. The summed E-state index contributed by atoms with van der Waals surface area (Å²) in [6.45, 7) is 1.93. The van der Waals surface area contributed by atoms with Crippen LogP contribution in [0, 0.1) is 6.92 Å². The minimum atomic E-state index is -3.50. The second kappa shape index (κ2) is 7.97. The Hall–Kier alpha value is -2.92. The molecule has 0 amide bonds. The highest BCUT2D eigenvalue weighted by Gasteiger charge is 2.19. The molecule has 0 heterocycles. The fraction of sp³-hybridized carbons (Fsp3) is 0.0952. The Balaban J connectivity index is 1.92. The highest BCUT2D eigenvalue weighted by Crippen LogP contribution is 2.15. The Morgan fingerprint density at radius 2 is 1.42 bits per heavy atom. The van der Waals surface area contributed by atoms with E-state index in [-0.39, 0.29) is 5.75 Å². The fourth-order valence-corrected chi connectivity index (χ4v) is 3.77. The SMILES string of the molecule is Cc1ccc(S(=O)(=O)CC(=NNc2ccccc2)c2ccccc2)cc1. The summed E-state index contributed by atoms with van der Waals surface area (Å²) in [5.74, 6) is -0.181. The molecular formula is C21H20N2O2S. The lowest BCUT2D eigenvalue weighted by Gasteiger charge is -2.10. The first kappa shape index (κ1) is 17.9. The molecule has 0 aliphatic rings. The molecule has 0 aromatic heterocycles. The molecule has 4 nitrogen and oxygen atoms in total. The molecule has 5 heteroatoms. The van der Waals surface area contributed by atoms with Gasteiger partial charge in [-0.15, -0.1) is 0 Å². The van der Waals surface area contributed by atoms with Crippen LogP contribution in [-0.4, -0.2) is 19.9 Å². The van der Waals surface area contributed by atoms with Gasteiger partial charge in [-0.1, -0.05) is 66.2 Å². The van der Waals surface area contributed by atoms with Crippen LogP contribution in [0.3, 0.4) is 0 Å². The predicted octanol–water partition coefficient (Wildman–Crippen LogP) is 4.29. The van der Waals surface area contributed by atoms with Crippen LogP contribution >= 0.6 is 0 Å². The van der Waals surface area contributed by atoms with Gasteiger partial charge in [0.15, 0.2) is 9.84 Å². The maximum Gasteiger partial charge on any atom is 0.184 e. The van der Waals surface area contributed by atoms with Crippen molar-refractivity contribution in [2.45, 2.75) is 11.8 Å². The molecule has 0 aliphatic heterocycles. The normalized spacial score (nSPS) is 12.0. The third kappa shape index (κ3) is 4.58. The standard InChI is InChI=1S/C21H20N2O2S/c1-17-12-14-20(15-13-17)26(24,25)16-21(18-8-4-2-5-9-18)23-22-19-10-6-3-7-11-19/h2-15,22H,16H2,1H3. The minimum Gasteiger partial charge on any atom is -0.278 e. The van der Waals surface area contributed by atoms with Gasteiger partial charge in [0.05, 0.1) is 22.0 Å². The van der Waals surface area contributed by atoms with E-state index in [0.717, 1.165) is 16.8 Å². The largest absolute Gasteiger partial charge is 0.278 e. The Bertz CT molecular complexity index is 981. The Kier molecular flexibility index (Phi) is 5.49. The van der Waals surface area contributed by atoms with Crippen molar-refractivity contribution in [3.8, 4) is 0 Å². The van der Waals surface area contributed by atoms with E-state index < -0.39 is 9.84 Å². The number of sulfone groups is 1. The topological polar surface area (TPSA) is 58.5 Å². The molecule has 0 aliphatic carbocycles. The molecule has 132 valence electrons. The molecule has 1 N–H and O–H groups in total. The Morgan fingerprint density at radius 1 is 0.846 bits per heavy atom. The van der Waals surface area contributed by atoms with E-state index in [1.165, 1.54) is 0 Å². The van der Waals surface area contributed by atoms with E-state index in [0.29, 0.717) is 10.6 Å². The fourth-order valence-electron chi connectivity index (χ4n) is 2.46. The van der Waals surface area contributed by atoms with Gasteiger partial charge < -0.3 is 0 Å². The summed E-state index contributed by atoms with van der Waals surface area (Å²) < 4.78 is 25.7. The van der Waals surface area contributed by atoms with E-state index in [1.807, 2.05) is 67.6 Å². The second-order valence-corrected chi connectivity index (χ2v) is 7.96.